The van der Waals surface area contributed by atoms with Crippen molar-refractivity contribution in [2.24, 2.45) is 0 Å². The van der Waals surface area contributed by atoms with E-state index in [4.69, 9.17) is 5.26 Å². The van der Waals surface area contributed by atoms with Gasteiger partial charge < -0.3 is 5.32 Å². The van der Waals surface area contributed by atoms with E-state index in [0.717, 1.165) is 12.1 Å². The number of rotatable bonds is 4. The maximum Gasteiger partial charge on any atom is 0.163 e. The molecular formula is C13H13N3S. The highest BCUT2D eigenvalue weighted by molar-refractivity contribution is 7.07. The number of aromatic nitrogens is 1. The topological polar surface area (TPSA) is 48.7 Å². The lowest BCUT2D eigenvalue weighted by Gasteiger charge is -2.14. The number of anilines is 1. The summed E-state index contributed by atoms with van der Waals surface area (Å²) in [6.45, 7) is 2.10. The molecule has 0 aliphatic rings. The number of nitrogens with zero attached hydrogens (tertiary/aromatic N) is 2. The number of nitriles is 1. The molecule has 0 spiro atoms. The van der Waals surface area contributed by atoms with Crippen LogP contribution in [0.25, 0.3) is 0 Å². The molecule has 1 unspecified atom stereocenters. The van der Waals surface area contributed by atoms with Crippen LogP contribution in [0.3, 0.4) is 0 Å². The summed E-state index contributed by atoms with van der Waals surface area (Å²) >= 11 is 1.70. The van der Waals surface area contributed by atoms with Crippen LogP contribution in [0.5, 0.6) is 0 Å². The van der Waals surface area contributed by atoms with Gasteiger partial charge in [-0.05, 0) is 47.9 Å². The standard InChI is InChI=1S/C13H13N3S/c1-10(7-11-4-6-17-9-11)16-12-3-2-5-15-13(12)8-14/h2-6,9-10,16H,7H2,1H3. The molecule has 0 aromatic carbocycles. The van der Waals surface area contributed by atoms with E-state index in [1.807, 2.05) is 12.1 Å². The first-order valence-electron chi connectivity index (χ1n) is 5.42. The Kier molecular flexibility index (Phi) is 3.73. The first kappa shape index (κ1) is 11.6. The van der Waals surface area contributed by atoms with Gasteiger partial charge in [0.05, 0.1) is 5.69 Å². The number of nitrogens with one attached hydrogen (secondary N) is 1. The van der Waals surface area contributed by atoms with Crippen LogP contribution < -0.4 is 5.32 Å². The van der Waals surface area contributed by atoms with E-state index in [0.29, 0.717) is 5.69 Å². The highest BCUT2D eigenvalue weighted by atomic mass is 32.1. The second kappa shape index (κ2) is 5.46. The Morgan fingerprint density at radius 3 is 3.12 bits per heavy atom. The zero-order chi connectivity index (χ0) is 12.1. The van der Waals surface area contributed by atoms with Crippen molar-refractivity contribution in [2.45, 2.75) is 19.4 Å². The first-order chi connectivity index (χ1) is 8.29. The molecule has 2 heterocycles. The third-order valence-electron chi connectivity index (χ3n) is 2.44. The third-order valence-corrected chi connectivity index (χ3v) is 3.17. The van der Waals surface area contributed by atoms with Crippen molar-refractivity contribution in [3.8, 4) is 6.07 Å². The number of thiophene rings is 1. The van der Waals surface area contributed by atoms with E-state index < -0.39 is 0 Å². The predicted octanol–water partition coefficient (Wildman–Crippen LogP) is 3.06. The predicted molar refractivity (Wildman–Crippen MR) is 70.1 cm³/mol. The zero-order valence-electron chi connectivity index (χ0n) is 9.55. The number of pyridine rings is 1. The number of hydrogen-bond donors (Lipinski definition) is 1. The molecule has 1 N–H and O–H groups in total. The molecule has 0 amide bonds. The smallest absolute Gasteiger partial charge is 0.163 e. The fraction of sp³-hybridized carbons (Fsp3) is 0.231. The lowest BCUT2D eigenvalue weighted by atomic mass is 10.1. The van der Waals surface area contributed by atoms with Crippen molar-refractivity contribution in [1.29, 1.82) is 5.26 Å². The third kappa shape index (κ3) is 3.05. The lowest BCUT2D eigenvalue weighted by Crippen LogP contribution is -2.18. The van der Waals surface area contributed by atoms with Crippen LogP contribution in [0.15, 0.2) is 35.2 Å². The Balaban J connectivity index is 2.03. The molecule has 86 valence electrons. The van der Waals surface area contributed by atoms with Crippen LogP contribution in [-0.4, -0.2) is 11.0 Å². The normalized spacial score (nSPS) is 11.8. The summed E-state index contributed by atoms with van der Waals surface area (Å²) in [7, 11) is 0. The van der Waals surface area contributed by atoms with Gasteiger partial charge in [0.15, 0.2) is 5.69 Å². The van der Waals surface area contributed by atoms with E-state index >= 15 is 0 Å². The van der Waals surface area contributed by atoms with Gasteiger partial charge >= 0.3 is 0 Å². The maximum atomic E-state index is 8.94. The molecule has 4 heteroatoms. The molecule has 2 aromatic rings. The summed E-state index contributed by atoms with van der Waals surface area (Å²) in [6, 6.07) is 8.21. The van der Waals surface area contributed by atoms with Crippen molar-refractivity contribution >= 4 is 17.0 Å². The van der Waals surface area contributed by atoms with Crippen molar-refractivity contribution in [2.75, 3.05) is 5.32 Å². The van der Waals surface area contributed by atoms with Crippen molar-refractivity contribution in [1.82, 2.24) is 4.98 Å². The maximum absolute atomic E-state index is 8.94. The molecule has 0 aliphatic heterocycles. The molecule has 0 saturated carbocycles. The van der Waals surface area contributed by atoms with Gasteiger partial charge in [0, 0.05) is 12.2 Å². The molecule has 1 atom stereocenters. The molecule has 0 aliphatic carbocycles. The quantitative estimate of drug-likeness (QED) is 0.897. The van der Waals surface area contributed by atoms with Crippen LogP contribution in [0.1, 0.15) is 18.2 Å². The molecule has 0 fully saturated rings. The van der Waals surface area contributed by atoms with Gasteiger partial charge in [-0.3, -0.25) is 0 Å². The van der Waals surface area contributed by atoms with Gasteiger partial charge in [-0.1, -0.05) is 0 Å². The van der Waals surface area contributed by atoms with Crippen LogP contribution in [0, 0.1) is 11.3 Å². The van der Waals surface area contributed by atoms with E-state index in [1.54, 1.807) is 17.5 Å². The summed E-state index contributed by atoms with van der Waals surface area (Å²) in [4.78, 5) is 4.03. The monoisotopic (exact) mass is 243 g/mol. The fourth-order valence-corrected chi connectivity index (χ4v) is 2.37. The summed E-state index contributed by atoms with van der Waals surface area (Å²) in [5.41, 5.74) is 2.57. The van der Waals surface area contributed by atoms with Crippen LogP contribution >= 0.6 is 11.3 Å². The molecule has 2 rings (SSSR count). The van der Waals surface area contributed by atoms with Crippen molar-refractivity contribution < 1.29 is 0 Å². The Morgan fingerprint density at radius 2 is 2.41 bits per heavy atom. The molecular weight excluding hydrogens is 230 g/mol. The van der Waals surface area contributed by atoms with Gasteiger partial charge in [-0.25, -0.2) is 4.98 Å². The van der Waals surface area contributed by atoms with Crippen molar-refractivity contribution in [3.05, 3.63) is 46.4 Å². The summed E-state index contributed by atoms with van der Waals surface area (Å²) in [6.07, 6.45) is 2.58. The zero-order valence-corrected chi connectivity index (χ0v) is 10.4. The second-order valence-electron chi connectivity index (χ2n) is 3.89. The number of hydrogen-bond acceptors (Lipinski definition) is 4. The Labute approximate surface area is 105 Å². The molecule has 0 saturated heterocycles. The van der Waals surface area contributed by atoms with Gasteiger partial charge in [0.1, 0.15) is 6.07 Å². The van der Waals surface area contributed by atoms with Crippen LogP contribution in [-0.2, 0) is 6.42 Å². The van der Waals surface area contributed by atoms with E-state index in [2.05, 4.69) is 40.1 Å². The first-order valence-corrected chi connectivity index (χ1v) is 6.36. The Bertz CT molecular complexity index is 514. The fourth-order valence-electron chi connectivity index (χ4n) is 1.69. The molecule has 3 nitrogen and oxygen atoms in total. The largest absolute Gasteiger partial charge is 0.380 e. The highest BCUT2D eigenvalue weighted by Gasteiger charge is 2.07. The molecule has 17 heavy (non-hydrogen) atoms. The van der Waals surface area contributed by atoms with Gasteiger partial charge in [-0.15, -0.1) is 0 Å². The van der Waals surface area contributed by atoms with E-state index in [9.17, 15) is 0 Å². The van der Waals surface area contributed by atoms with Gasteiger partial charge in [0.25, 0.3) is 0 Å². The van der Waals surface area contributed by atoms with E-state index in [1.165, 1.54) is 5.56 Å². The minimum absolute atomic E-state index is 0.279. The minimum atomic E-state index is 0.279. The Hall–Kier alpha value is -1.86. The average molecular weight is 243 g/mol. The second-order valence-corrected chi connectivity index (χ2v) is 4.67. The Morgan fingerprint density at radius 1 is 1.53 bits per heavy atom. The molecule has 0 radical (unpaired) electrons. The summed E-state index contributed by atoms with van der Waals surface area (Å²) in [5, 5.41) is 16.5. The highest BCUT2D eigenvalue weighted by Crippen LogP contribution is 2.15. The molecule has 0 bridgehead atoms. The summed E-state index contributed by atoms with van der Waals surface area (Å²) < 4.78 is 0. The van der Waals surface area contributed by atoms with E-state index in [-0.39, 0.29) is 6.04 Å². The SMILES string of the molecule is CC(Cc1ccsc1)Nc1cccnc1C#N. The van der Waals surface area contributed by atoms with Gasteiger partial charge in [0.2, 0.25) is 0 Å². The minimum Gasteiger partial charge on any atom is -0.380 e. The van der Waals surface area contributed by atoms with Crippen LogP contribution in [0.2, 0.25) is 0 Å². The van der Waals surface area contributed by atoms with Crippen molar-refractivity contribution in [3.63, 3.8) is 0 Å². The van der Waals surface area contributed by atoms with Gasteiger partial charge in [-0.2, -0.15) is 16.6 Å². The summed E-state index contributed by atoms with van der Waals surface area (Å²) in [5.74, 6) is 0. The lowest BCUT2D eigenvalue weighted by molar-refractivity contribution is 0.791. The molecule has 2 aromatic heterocycles. The average Bonchev–Trinajstić information content (AvgIpc) is 2.82. The van der Waals surface area contributed by atoms with Crippen LogP contribution in [0.4, 0.5) is 5.69 Å².